The summed E-state index contributed by atoms with van der Waals surface area (Å²) >= 11 is 0. The minimum atomic E-state index is -0.630. The molecule has 0 N–H and O–H groups in total. The lowest BCUT2D eigenvalue weighted by Gasteiger charge is -2.37. The van der Waals surface area contributed by atoms with Crippen molar-refractivity contribution in [1.29, 1.82) is 0 Å². The first-order valence-electron chi connectivity index (χ1n) is 9.42. The van der Waals surface area contributed by atoms with Gasteiger partial charge in [-0.25, -0.2) is 0 Å². The third-order valence-electron chi connectivity index (χ3n) is 5.42. The predicted octanol–water partition coefficient (Wildman–Crippen LogP) is 2.73. The number of fused-ring (bicyclic) bond motifs is 2. The third-order valence-corrected chi connectivity index (χ3v) is 5.42. The summed E-state index contributed by atoms with van der Waals surface area (Å²) in [6, 6.07) is 15.8. The molecule has 2 aliphatic heterocycles. The summed E-state index contributed by atoms with van der Waals surface area (Å²) in [5, 5.41) is 4.32. The maximum atomic E-state index is 13.3. The van der Waals surface area contributed by atoms with Crippen molar-refractivity contribution in [2.24, 2.45) is 7.05 Å². The van der Waals surface area contributed by atoms with Crippen LogP contribution in [0.15, 0.2) is 60.9 Å². The summed E-state index contributed by atoms with van der Waals surface area (Å²) in [5.74, 6) is 1.36. The Labute approximate surface area is 163 Å². The topological polar surface area (TPSA) is 56.6 Å². The van der Waals surface area contributed by atoms with Crippen LogP contribution in [0.4, 0.5) is 0 Å². The lowest BCUT2D eigenvalue weighted by atomic mass is 9.86. The van der Waals surface area contributed by atoms with Gasteiger partial charge in [-0.3, -0.25) is 9.48 Å². The zero-order valence-corrected chi connectivity index (χ0v) is 15.6. The molecule has 0 saturated carbocycles. The van der Waals surface area contributed by atoms with Gasteiger partial charge in [0.1, 0.15) is 6.61 Å². The van der Waals surface area contributed by atoms with E-state index in [1.165, 1.54) is 5.56 Å². The standard InChI is InChI=1S/C22H21N3O3/c1-24-11-16(10-23-24)18-13-25(12-15-6-2-3-7-17(15)18)22(26)21-14-27-19-8-4-5-9-20(19)28-21/h2-11,18,21H,12-14H2,1H3/t18-,21+/m1/s1. The smallest absolute Gasteiger partial charge is 0.267 e. The molecular formula is C22H21N3O3. The van der Waals surface area contributed by atoms with Crippen molar-refractivity contribution < 1.29 is 14.3 Å². The Morgan fingerprint density at radius 2 is 1.89 bits per heavy atom. The second kappa shape index (κ2) is 6.71. The molecule has 142 valence electrons. The van der Waals surface area contributed by atoms with Crippen molar-refractivity contribution in [2.45, 2.75) is 18.6 Å². The Balaban J connectivity index is 1.42. The number of nitrogens with zero attached hydrogens (tertiary/aromatic N) is 3. The number of para-hydroxylation sites is 2. The van der Waals surface area contributed by atoms with Gasteiger partial charge in [-0.1, -0.05) is 36.4 Å². The summed E-state index contributed by atoms with van der Waals surface area (Å²) in [4.78, 5) is 15.1. The Hall–Kier alpha value is -3.28. The quantitative estimate of drug-likeness (QED) is 0.691. The first-order valence-corrected chi connectivity index (χ1v) is 9.42. The van der Waals surface area contributed by atoms with Crippen LogP contribution in [0.2, 0.25) is 0 Å². The monoisotopic (exact) mass is 375 g/mol. The van der Waals surface area contributed by atoms with E-state index in [4.69, 9.17) is 9.47 Å². The van der Waals surface area contributed by atoms with Crippen LogP contribution >= 0.6 is 0 Å². The second-order valence-corrected chi connectivity index (χ2v) is 7.28. The number of aryl methyl sites for hydroxylation is 1. The van der Waals surface area contributed by atoms with Crippen LogP contribution in [0.25, 0.3) is 0 Å². The van der Waals surface area contributed by atoms with Crippen molar-refractivity contribution >= 4 is 5.91 Å². The number of carbonyl (C=O) groups is 1. The predicted molar refractivity (Wildman–Crippen MR) is 103 cm³/mol. The van der Waals surface area contributed by atoms with E-state index in [9.17, 15) is 4.79 Å². The van der Waals surface area contributed by atoms with Crippen molar-refractivity contribution in [3.05, 3.63) is 77.6 Å². The fourth-order valence-electron chi connectivity index (χ4n) is 4.02. The van der Waals surface area contributed by atoms with Crippen molar-refractivity contribution in [3.63, 3.8) is 0 Å². The SMILES string of the molecule is Cn1cc([C@H]2CN(C(=O)[C@@H]3COc4ccccc4O3)Cc3ccccc32)cn1. The third kappa shape index (κ3) is 2.91. The molecule has 1 amide bonds. The number of rotatable bonds is 2. The van der Waals surface area contributed by atoms with Gasteiger partial charge < -0.3 is 14.4 Å². The number of benzene rings is 2. The van der Waals surface area contributed by atoms with E-state index in [0.29, 0.717) is 24.6 Å². The molecule has 28 heavy (non-hydrogen) atoms. The zero-order chi connectivity index (χ0) is 19.1. The molecule has 5 rings (SSSR count). The van der Waals surface area contributed by atoms with Gasteiger partial charge in [0.05, 0.1) is 6.20 Å². The molecule has 6 nitrogen and oxygen atoms in total. The molecule has 0 bridgehead atoms. The largest absolute Gasteiger partial charge is 0.485 e. The Morgan fingerprint density at radius 3 is 2.71 bits per heavy atom. The van der Waals surface area contributed by atoms with E-state index in [2.05, 4.69) is 23.3 Å². The summed E-state index contributed by atoms with van der Waals surface area (Å²) in [5.41, 5.74) is 3.53. The van der Waals surface area contributed by atoms with Crippen LogP contribution in [0.5, 0.6) is 11.5 Å². The number of amides is 1. The van der Waals surface area contributed by atoms with Crippen molar-refractivity contribution in [3.8, 4) is 11.5 Å². The lowest BCUT2D eigenvalue weighted by molar-refractivity contribution is -0.142. The van der Waals surface area contributed by atoms with Crippen LogP contribution in [0, 0.1) is 0 Å². The van der Waals surface area contributed by atoms with Gasteiger partial charge in [-0.05, 0) is 28.8 Å². The molecule has 3 heterocycles. The van der Waals surface area contributed by atoms with Gasteiger partial charge in [0.2, 0.25) is 6.10 Å². The van der Waals surface area contributed by atoms with Gasteiger partial charge in [-0.15, -0.1) is 0 Å². The van der Waals surface area contributed by atoms with E-state index < -0.39 is 6.10 Å². The molecule has 0 saturated heterocycles. The first-order chi connectivity index (χ1) is 13.7. The van der Waals surface area contributed by atoms with Crippen LogP contribution < -0.4 is 9.47 Å². The molecule has 0 fully saturated rings. The number of carbonyl (C=O) groups excluding carboxylic acids is 1. The molecule has 2 aliphatic rings. The van der Waals surface area contributed by atoms with E-state index in [-0.39, 0.29) is 18.4 Å². The molecular weight excluding hydrogens is 354 g/mol. The van der Waals surface area contributed by atoms with Crippen LogP contribution in [-0.2, 0) is 18.4 Å². The van der Waals surface area contributed by atoms with Gasteiger partial charge in [0, 0.05) is 32.3 Å². The molecule has 6 heteroatoms. The Kier molecular flexibility index (Phi) is 4.04. The van der Waals surface area contributed by atoms with Crippen LogP contribution in [0.3, 0.4) is 0 Å². The fraction of sp³-hybridized carbons (Fsp3) is 0.273. The number of ether oxygens (including phenoxy) is 2. The number of hydrogen-bond donors (Lipinski definition) is 0. The van der Waals surface area contributed by atoms with Crippen LogP contribution in [-0.4, -0.2) is 39.8 Å². The van der Waals surface area contributed by atoms with Gasteiger partial charge in [-0.2, -0.15) is 5.10 Å². The Morgan fingerprint density at radius 1 is 1.11 bits per heavy atom. The van der Waals surface area contributed by atoms with Gasteiger partial charge >= 0.3 is 0 Å². The minimum absolute atomic E-state index is 0.0436. The first kappa shape index (κ1) is 16.9. The van der Waals surface area contributed by atoms with E-state index in [1.54, 1.807) is 4.68 Å². The summed E-state index contributed by atoms with van der Waals surface area (Å²) < 4.78 is 13.5. The van der Waals surface area contributed by atoms with Gasteiger partial charge in [0.15, 0.2) is 11.5 Å². The lowest BCUT2D eigenvalue weighted by Crippen LogP contribution is -2.48. The highest BCUT2D eigenvalue weighted by atomic mass is 16.6. The average Bonchev–Trinajstić information content (AvgIpc) is 3.18. The van der Waals surface area contributed by atoms with E-state index in [1.807, 2.05) is 54.7 Å². The summed E-state index contributed by atoms with van der Waals surface area (Å²) in [7, 11) is 1.91. The summed E-state index contributed by atoms with van der Waals surface area (Å²) in [6.45, 7) is 1.40. The molecule has 0 spiro atoms. The molecule has 0 aliphatic carbocycles. The normalized spacial score (nSPS) is 20.5. The summed E-state index contributed by atoms with van der Waals surface area (Å²) in [6.07, 6.45) is 3.27. The average molecular weight is 375 g/mol. The maximum absolute atomic E-state index is 13.3. The maximum Gasteiger partial charge on any atom is 0.267 e. The number of aromatic nitrogens is 2. The van der Waals surface area contributed by atoms with Crippen molar-refractivity contribution in [2.75, 3.05) is 13.2 Å². The van der Waals surface area contributed by atoms with Crippen molar-refractivity contribution in [1.82, 2.24) is 14.7 Å². The second-order valence-electron chi connectivity index (χ2n) is 7.28. The molecule has 3 aromatic rings. The van der Waals surface area contributed by atoms with Crippen LogP contribution in [0.1, 0.15) is 22.6 Å². The minimum Gasteiger partial charge on any atom is -0.485 e. The highest BCUT2D eigenvalue weighted by molar-refractivity contribution is 5.82. The highest BCUT2D eigenvalue weighted by Crippen LogP contribution is 2.35. The zero-order valence-electron chi connectivity index (χ0n) is 15.6. The molecule has 1 aromatic heterocycles. The Bertz CT molecular complexity index is 1030. The molecule has 2 aromatic carbocycles. The van der Waals surface area contributed by atoms with Gasteiger partial charge in [0.25, 0.3) is 5.91 Å². The molecule has 0 radical (unpaired) electrons. The number of hydrogen-bond acceptors (Lipinski definition) is 4. The highest BCUT2D eigenvalue weighted by Gasteiger charge is 2.36. The molecule has 0 unspecified atom stereocenters. The fourth-order valence-corrected chi connectivity index (χ4v) is 4.02. The van der Waals surface area contributed by atoms with E-state index >= 15 is 0 Å². The van der Waals surface area contributed by atoms with E-state index in [0.717, 1.165) is 11.1 Å². The molecule has 2 atom stereocenters.